The van der Waals surface area contributed by atoms with E-state index in [1.807, 2.05) is 6.07 Å². The number of phenolic OH excluding ortho intramolecular Hbond substituents is 1. The summed E-state index contributed by atoms with van der Waals surface area (Å²) in [6.07, 6.45) is 0.755. The number of carbonyl (C=O) groups is 1. The molecule has 150 valence electrons. The molecule has 0 aliphatic heterocycles. The molecule has 0 spiro atoms. The molecule has 0 amide bonds. The van der Waals surface area contributed by atoms with Crippen molar-refractivity contribution >= 4 is 5.97 Å². The van der Waals surface area contributed by atoms with Crippen LogP contribution in [0.5, 0.6) is 11.5 Å². The molecular formula is C23H20F2O4. The predicted octanol–water partition coefficient (Wildman–Crippen LogP) is 4.89. The predicted molar refractivity (Wildman–Crippen MR) is 105 cm³/mol. The van der Waals surface area contributed by atoms with Gasteiger partial charge in [0.1, 0.15) is 23.1 Å². The molecule has 0 radical (unpaired) electrons. The number of carboxylic acid groups (broad SMARTS) is 1. The largest absolute Gasteiger partial charge is 0.508 e. The van der Waals surface area contributed by atoms with Crippen molar-refractivity contribution < 1.29 is 28.5 Å². The number of benzene rings is 3. The van der Waals surface area contributed by atoms with Gasteiger partial charge >= 0.3 is 5.97 Å². The lowest BCUT2D eigenvalue weighted by Crippen LogP contribution is -2.11. The SMILES string of the molecule is Cc1c(OCC(=O)O)ccc(F)c1CCc1cc(O)cc(-c2cccc(F)c2)c1. The molecule has 3 aromatic rings. The van der Waals surface area contributed by atoms with Crippen LogP contribution in [0.4, 0.5) is 8.78 Å². The maximum Gasteiger partial charge on any atom is 0.341 e. The summed E-state index contributed by atoms with van der Waals surface area (Å²) in [5.74, 6) is -1.53. The number of hydrogen-bond acceptors (Lipinski definition) is 3. The summed E-state index contributed by atoms with van der Waals surface area (Å²) in [6.45, 7) is 1.17. The third-order valence-electron chi connectivity index (χ3n) is 4.64. The number of ether oxygens (including phenoxy) is 1. The van der Waals surface area contributed by atoms with Crippen molar-refractivity contribution in [2.75, 3.05) is 6.61 Å². The average molecular weight is 398 g/mol. The Kier molecular flexibility index (Phi) is 6.12. The lowest BCUT2D eigenvalue weighted by atomic mass is 9.96. The molecule has 0 atom stereocenters. The van der Waals surface area contributed by atoms with Crippen LogP contribution in [0, 0.1) is 18.6 Å². The van der Waals surface area contributed by atoms with Gasteiger partial charge in [-0.1, -0.05) is 18.2 Å². The highest BCUT2D eigenvalue weighted by molar-refractivity contribution is 5.68. The van der Waals surface area contributed by atoms with Gasteiger partial charge in [-0.25, -0.2) is 13.6 Å². The number of rotatable bonds is 7. The van der Waals surface area contributed by atoms with E-state index in [2.05, 4.69) is 0 Å². The zero-order valence-corrected chi connectivity index (χ0v) is 15.8. The minimum Gasteiger partial charge on any atom is -0.508 e. The molecule has 3 rings (SSSR count). The number of hydrogen-bond donors (Lipinski definition) is 2. The standard InChI is InChI=1S/C23H20F2O4/c1-14-20(21(25)7-8-22(14)29-13-23(27)28)6-5-15-9-17(12-19(26)10-15)16-3-2-4-18(24)11-16/h2-4,7-12,26H,5-6,13H2,1H3,(H,27,28). The monoisotopic (exact) mass is 398 g/mol. The van der Waals surface area contributed by atoms with Gasteiger partial charge in [-0.2, -0.15) is 0 Å². The number of aromatic hydroxyl groups is 1. The average Bonchev–Trinajstić information content (AvgIpc) is 2.66. The van der Waals surface area contributed by atoms with E-state index in [1.54, 1.807) is 31.2 Å². The van der Waals surface area contributed by atoms with Crippen LogP contribution in [0.2, 0.25) is 0 Å². The van der Waals surface area contributed by atoms with E-state index in [-0.39, 0.29) is 11.6 Å². The first kappa shape index (κ1) is 20.3. The Morgan fingerprint density at radius 1 is 1.00 bits per heavy atom. The summed E-state index contributed by atoms with van der Waals surface area (Å²) >= 11 is 0. The van der Waals surface area contributed by atoms with Gasteiger partial charge in [0.2, 0.25) is 0 Å². The van der Waals surface area contributed by atoms with Crippen LogP contribution in [0.1, 0.15) is 16.7 Å². The van der Waals surface area contributed by atoms with Crippen LogP contribution >= 0.6 is 0 Å². The van der Waals surface area contributed by atoms with Crippen molar-refractivity contribution in [1.29, 1.82) is 0 Å². The second-order valence-corrected chi connectivity index (χ2v) is 6.73. The molecule has 3 aromatic carbocycles. The van der Waals surface area contributed by atoms with Gasteiger partial charge < -0.3 is 14.9 Å². The highest BCUT2D eigenvalue weighted by atomic mass is 19.1. The maximum absolute atomic E-state index is 14.3. The molecule has 0 saturated carbocycles. The van der Waals surface area contributed by atoms with E-state index in [9.17, 15) is 18.7 Å². The van der Waals surface area contributed by atoms with Gasteiger partial charge in [0, 0.05) is 0 Å². The van der Waals surface area contributed by atoms with Crippen LogP contribution in [-0.2, 0) is 17.6 Å². The molecule has 2 N–H and O–H groups in total. The van der Waals surface area contributed by atoms with Crippen molar-refractivity contribution in [3.63, 3.8) is 0 Å². The number of aryl methyl sites for hydroxylation is 1. The molecule has 0 unspecified atom stereocenters. The van der Waals surface area contributed by atoms with E-state index in [4.69, 9.17) is 9.84 Å². The second kappa shape index (κ2) is 8.73. The van der Waals surface area contributed by atoms with Crippen molar-refractivity contribution in [2.24, 2.45) is 0 Å². The minimum atomic E-state index is -1.11. The molecule has 0 saturated heterocycles. The molecule has 0 aromatic heterocycles. The molecule has 0 aliphatic carbocycles. The van der Waals surface area contributed by atoms with Crippen molar-refractivity contribution in [2.45, 2.75) is 19.8 Å². The first-order valence-electron chi connectivity index (χ1n) is 9.05. The van der Waals surface area contributed by atoms with Crippen LogP contribution in [0.25, 0.3) is 11.1 Å². The summed E-state index contributed by atoms with van der Waals surface area (Å²) in [7, 11) is 0. The summed E-state index contributed by atoms with van der Waals surface area (Å²) in [4.78, 5) is 10.7. The fraction of sp³-hybridized carbons (Fsp3) is 0.174. The van der Waals surface area contributed by atoms with Gasteiger partial charge in [-0.3, -0.25) is 0 Å². The zero-order valence-electron chi connectivity index (χ0n) is 15.8. The van der Waals surface area contributed by atoms with E-state index in [0.29, 0.717) is 40.8 Å². The second-order valence-electron chi connectivity index (χ2n) is 6.73. The van der Waals surface area contributed by atoms with Crippen LogP contribution in [0.3, 0.4) is 0 Å². The highest BCUT2D eigenvalue weighted by Gasteiger charge is 2.13. The molecule has 4 nitrogen and oxygen atoms in total. The fourth-order valence-corrected chi connectivity index (χ4v) is 3.23. The van der Waals surface area contributed by atoms with E-state index in [0.717, 1.165) is 5.56 Å². The fourth-order valence-electron chi connectivity index (χ4n) is 3.23. The molecule has 0 fully saturated rings. The van der Waals surface area contributed by atoms with E-state index in [1.165, 1.54) is 24.3 Å². The van der Waals surface area contributed by atoms with Gasteiger partial charge in [0.25, 0.3) is 0 Å². The molecule has 0 heterocycles. The van der Waals surface area contributed by atoms with E-state index < -0.39 is 18.4 Å². The van der Waals surface area contributed by atoms with Crippen LogP contribution in [-0.4, -0.2) is 22.8 Å². The van der Waals surface area contributed by atoms with Crippen molar-refractivity contribution in [3.05, 3.63) is 82.9 Å². The summed E-state index contributed by atoms with van der Waals surface area (Å²) in [6, 6.07) is 13.7. The lowest BCUT2D eigenvalue weighted by Gasteiger charge is -2.13. The summed E-state index contributed by atoms with van der Waals surface area (Å²) in [5, 5.41) is 18.8. The molecule has 0 bridgehead atoms. The zero-order chi connectivity index (χ0) is 21.0. The Bertz CT molecular complexity index is 1050. The lowest BCUT2D eigenvalue weighted by molar-refractivity contribution is -0.139. The van der Waals surface area contributed by atoms with Gasteiger partial charge in [-0.15, -0.1) is 0 Å². The first-order chi connectivity index (χ1) is 13.8. The molecular weight excluding hydrogens is 378 g/mol. The minimum absolute atomic E-state index is 0.0393. The number of halogens is 2. The highest BCUT2D eigenvalue weighted by Crippen LogP contribution is 2.29. The molecule has 29 heavy (non-hydrogen) atoms. The third kappa shape index (κ3) is 5.10. The maximum atomic E-state index is 14.3. The van der Waals surface area contributed by atoms with Crippen molar-refractivity contribution in [3.8, 4) is 22.6 Å². The van der Waals surface area contributed by atoms with Crippen LogP contribution in [0.15, 0.2) is 54.6 Å². The number of phenols is 1. The Balaban J connectivity index is 1.83. The van der Waals surface area contributed by atoms with E-state index >= 15 is 0 Å². The smallest absolute Gasteiger partial charge is 0.341 e. The molecule has 6 heteroatoms. The van der Waals surface area contributed by atoms with Crippen molar-refractivity contribution in [1.82, 2.24) is 0 Å². The van der Waals surface area contributed by atoms with Gasteiger partial charge in [0.15, 0.2) is 6.61 Å². The van der Waals surface area contributed by atoms with Gasteiger partial charge in [-0.05, 0) is 84.0 Å². The number of aliphatic carboxylic acids is 1. The Labute approximate surface area is 167 Å². The Hall–Kier alpha value is -3.41. The first-order valence-corrected chi connectivity index (χ1v) is 9.05. The summed E-state index contributed by atoms with van der Waals surface area (Å²) < 4.78 is 33.1. The number of carboxylic acids is 1. The normalized spacial score (nSPS) is 10.7. The Morgan fingerprint density at radius 2 is 1.79 bits per heavy atom. The van der Waals surface area contributed by atoms with Gasteiger partial charge in [0.05, 0.1) is 0 Å². The third-order valence-corrected chi connectivity index (χ3v) is 4.64. The molecule has 0 aliphatic rings. The Morgan fingerprint density at radius 3 is 2.52 bits per heavy atom. The summed E-state index contributed by atoms with van der Waals surface area (Å²) in [5.41, 5.74) is 3.02. The topological polar surface area (TPSA) is 66.8 Å². The van der Waals surface area contributed by atoms with Crippen LogP contribution < -0.4 is 4.74 Å². The quantitative estimate of drug-likeness (QED) is 0.594.